The van der Waals surface area contributed by atoms with E-state index in [4.69, 9.17) is 4.74 Å². The summed E-state index contributed by atoms with van der Waals surface area (Å²) in [4.78, 5) is 23.8. The fourth-order valence-corrected chi connectivity index (χ4v) is 2.56. The first-order valence-corrected chi connectivity index (χ1v) is 8.57. The van der Waals surface area contributed by atoms with E-state index in [1.54, 1.807) is 24.3 Å². The maximum Gasteiger partial charge on any atom is 0.418 e. The Hall–Kier alpha value is -3.73. The molecule has 0 fully saturated rings. The number of hydrogen-bond donors (Lipinski definition) is 2. The molecule has 0 aliphatic heterocycles. The van der Waals surface area contributed by atoms with Crippen molar-refractivity contribution in [3.05, 3.63) is 66.0 Å². The van der Waals surface area contributed by atoms with Crippen LogP contribution in [0.3, 0.4) is 0 Å². The van der Waals surface area contributed by atoms with Crippen LogP contribution in [0.15, 0.2) is 54.7 Å². The molecule has 2 N–H and O–H groups in total. The van der Waals surface area contributed by atoms with Crippen molar-refractivity contribution in [2.24, 2.45) is 0 Å². The highest BCUT2D eigenvalue weighted by molar-refractivity contribution is 6.02. The van der Waals surface area contributed by atoms with Crippen LogP contribution < -0.4 is 10.6 Å². The number of aromatic nitrogens is 3. The lowest BCUT2D eigenvalue weighted by atomic mass is 10.1. The van der Waals surface area contributed by atoms with Crippen molar-refractivity contribution in [3.8, 4) is 5.69 Å². The van der Waals surface area contributed by atoms with Gasteiger partial charge < -0.3 is 15.4 Å². The molecule has 30 heavy (non-hydrogen) atoms. The number of methoxy groups -OCH3 is 1. The number of carbonyl (C=O) groups is 2. The molecule has 156 valence electrons. The number of rotatable bonds is 6. The molecule has 0 aliphatic carbocycles. The van der Waals surface area contributed by atoms with Gasteiger partial charge in [0.05, 0.1) is 17.4 Å². The molecule has 8 nitrogen and oxygen atoms in total. The fourth-order valence-electron chi connectivity index (χ4n) is 2.56. The van der Waals surface area contributed by atoms with Crippen molar-refractivity contribution >= 4 is 23.2 Å². The second kappa shape index (κ2) is 8.74. The third-order valence-corrected chi connectivity index (χ3v) is 3.88. The standard InChI is InChI=1S/C19H16F3N5O3/c1-30-11-17(28)23-12-6-8-13(9-7-12)24-18(29)15-10-27(26-25-15)16-5-3-2-4-14(16)19(20,21)22/h2-10H,11H2,1H3,(H,23,28)(H,24,29). The lowest BCUT2D eigenvalue weighted by Gasteiger charge is -2.11. The van der Waals surface area contributed by atoms with Crippen LogP contribution in [0.1, 0.15) is 16.1 Å². The zero-order valence-corrected chi connectivity index (χ0v) is 15.6. The highest BCUT2D eigenvalue weighted by Crippen LogP contribution is 2.33. The van der Waals surface area contributed by atoms with Crippen LogP contribution in [0.2, 0.25) is 0 Å². The third kappa shape index (κ3) is 5.00. The van der Waals surface area contributed by atoms with Gasteiger partial charge in [-0.05, 0) is 36.4 Å². The number of hydrogen-bond acceptors (Lipinski definition) is 5. The van der Waals surface area contributed by atoms with Gasteiger partial charge in [-0.2, -0.15) is 13.2 Å². The Balaban J connectivity index is 1.71. The summed E-state index contributed by atoms with van der Waals surface area (Å²) in [6.07, 6.45) is -3.47. The summed E-state index contributed by atoms with van der Waals surface area (Å²) in [5, 5.41) is 12.4. The molecule has 0 radical (unpaired) electrons. The molecule has 0 atom stereocenters. The van der Waals surface area contributed by atoms with Gasteiger partial charge in [0.25, 0.3) is 5.91 Å². The van der Waals surface area contributed by atoms with Gasteiger partial charge in [0.15, 0.2) is 5.69 Å². The number of nitrogens with zero attached hydrogens (tertiary/aromatic N) is 3. The van der Waals surface area contributed by atoms with Gasteiger partial charge in [-0.25, -0.2) is 4.68 Å². The first-order chi connectivity index (χ1) is 14.3. The zero-order valence-electron chi connectivity index (χ0n) is 15.6. The van der Waals surface area contributed by atoms with E-state index in [0.29, 0.717) is 11.4 Å². The molecule has 0 saturated carbocycles. The quantitative estimate of drug-likeness (QED) is 0.640. The van der Waals surface area contributed by atoms with E-state index in [0.717, 1.165) is 16.9 Å². The lowest BCUT2D eigenvalue weighted by Crippen LogP contribution is -2.17. The van der Waals surface area contributed by atoms with Crippen LogP contribution in [-0.2, 0) is 15.7 Å². The van der Waals surface area contributed by atoms with E-state index in [1.807, 2.05) is 0 Å². The molecule has 2 aromatic carbocycles. The third-order valence-electron chi connectivity index (χ3n) is 3.88. The van der Waals surface area contributed by atoms with E-state index < -0.39 is 17.6 Å². The Morgan fingerprint density at radius 2 is 1.67 bits per heavy atom. The zero-order chi connectivity index (χ0) is 21.7. The predicted octanol–water partition coefficient (Wildman–Crippen LogP) is 3.12. The topological polar surface area (TPSA) is 98.1 Å². The summed E-state index contributed by atoms with van der Waals surface area (Å²) in [7, 11) is 1.40. The predicted molar refractivity (Wildman–Crippen MR) is 101 cm³/mol. The van der Waals surface area contributed by atoms with Crippen molar-refractivity contribution in [1.82, 2.24) is 15.0 Å². The number of benzene rings is 2. The smallest absolute Gasteiger partial charge is 0.375 e. The number of para-hydroxylation sites is 1. The molecule has 0 spiro atoms. The Morgan fingerprint density at radius 3 is 2.30 bits per heavy atom. The van der Waals surface area contributed by atoms with Gasteiger partial charge in [0.1, 0.15) is 6.61 Å². The minimum absolute atomic E-state index is 0.0917. The van der Waals surface area contributed by atoms with Crippen molar-refractivity contribution in [1.29, 1.82) is 0 Å². The van der Waals surface area contributed by atoms with E-state index >= 15 is 0 Å². The molecule has 3 rings (SSSR count). The SMILES string of the molecule is COCC(=O)Nc1ccc(NC(=O)c2cn(-c3ccccc3C(F)(F)F)nn2)cc1. The van der Waals surface area contributed by atoms with E-state index in [2.05, 4.69) is 20.9 Å². The van der Waals surface area contributed by atoms with Crippen molar-refractivity contribution in [2.75, 3.05) is 24.4 Å². The number of amides is 2. The highest BCUT2D eigenvalue weighted by atomic mass is 19.4. The van der Waals surface area contributed by atoms with Crippen LogP contribution in [0.5, 0.6) is 0 Å². The Morgan fingerprint density at radius 1 is 1.03 bits per heavy atom. The van der Waals surface area contributed by atoms with Gasteiger partial charge in [0, 0.05) is 18.5 Å². The monoisotopic (exact) mass is 419 g/mol. The molecule has 1 aromatic heterocycles. The summed E-state index contributed by atoms with van der Waals surface area (Å²) in [5.41, 5.74) is -0.398. The van der Waals surface area contributed by atoms with Crippen LogP contribution in [-0.4, -0.2) is 40.5 Å². The number of halogens is 3. The summed E-state index contributed by atoms with van der Waals surface area (Å²) < 4.78 is 45.1. The lowest BCUT2D eigenvalue weighted by molar-refractivity contribution is -0.137. The van der Waals surface area contributed by atoms with Gasteiger partial charge in [0.2, 0.25) is 5.91 Å². The minimum atomic E-state index is -4.58. The normalized spacial score (nSPS) is 11.2. The molecule has 3 aromatic rings. The number of alkyl halides is 3. The van der Waals surface area contributed by atoms with Crippen molar-refractivity contribution in [3.63, 3.8) is 0 Å². The first-order valence-electron chi connectivity index (χ1n) is 8.57. The van der Waals surface area contributed by atoms with E-state index in [9.17, 15) is 22.8 Å². The maximum absolute atomic E-state index is 13.2. The van der Waals surface area contributed by atoms with Crippen LogP contribution in [0, 0.1) is 0 Å². The number of anilines is 2. The molecule has 0 unspecified atom stereocenters. The number of ether oxygens (including phenoxy) is 1. The molecule has 0 bridgehead atoms. The fraction of sp³-hybridized carbons (Fsp3) is 0.158. The molecule has 1 heterocycles. The Kier molecular flexibility index (Phi) is 6.11. The minimum Gasteiger partial charge on any atom is -0.375 e. The number of nitrogens with one attached hydrogen (secondary N) is 2. The summed E-state index contributed by atoms with van der Waals surface area (Å²) in [5.74, 6) is -0.980. The second-order valence-electron chi connectivity index (χ2n) is 6.08. The van der Waals surface area contributed by atoms with Crippen molar-refractivity contribution in [2.45, 2.75) is 6.18 Å². The highest BCUT2D eigenvalue weighted by Gasteiger charge is 2.34. The molecule has 11 heteroatoms. The molecule has 0 saturated heterocycles. The second-order valence-corrected chi connectivity index (χ2v) is 6.08. The van der Waals surface area contributed by atoms with Gasteiger partial charge >= 0.3 is 6.18 Å². The summed E-state index contributed by atoms with van der Waals surface area (Å²) >= 11 is 0. The number of carbonyl (C=O) groups excluding carboxylic acids is 2. The Labute approximate surface area is 168 Å². The van der Waals surface area contributed by atoms with Gasteiger partial charge in [-0.1, -0.05) is 17.3 Å². The Bertz CT molecular complexity index is 1050. The first kappa shape index (κ1) is 21.0. The van der Waals surface area contributed by atoms with E-state index in [1.165, 1.54) is 25.3 Å². The molecular weight excluding hydrogens is 403 g/mol. The van der Waals surface area contributed by atoms with Gasteiger partial charge in [-0.15, -0.1) is 5.10 Å². The summed E-state index contributed by atoms with van der Waals surface area (Å²) in [6.45, 7) is -0.0917. The average molecular weight is 419 g/mol. The van der Waals surface area contributed by atoms with Gasteiger partial charge in [-0.3, -0.25) is 9.59 Å². The molecular formula is C19H16F3N5O3. The van der Waals surface area contributed by atoms with Crippen LogP contribution >= 0.6 is 0 Å². The van der Waals surface area contributed by atoms with Crippen LogP contribution in [0.4, 0.5) is 24.5 Å². The largest absolute Gasteiger partial charge is 0.418 e. The molecule has 2 amide bonds. The average Bonchev–Trinajstić information content (AvgIpc) is 3.19. The van der Waals surface area contributed by atoms with Crippen molar-refractivity contribution < 1.29 is 27.5 Å². The maximum atomic E-state index is 13.2. The van der Waals surface area contributed by atoms with Crippen LogP contribution in [0.25, 0.3) is 5.69 Å². The summed E-state index contributed by atoms with van der Waals surface area (Å²) in [6, 6.07) is 11.1. The molecule has 0 aliphatic rings. The van der Waals surface area contributed by atoms with E-state index in [-0.39, 0.29) is 23.9 Å².